The zero-order valence-electron chi connectivity index (χ0n) is 13.6. The minimum Gasteiger partial charge on any atom is -0.306 e. The van der Waals surface area contributed by atoms with Crippen molar-refractivity contribution in [1.29, 1.82) is 0 Å². The first-order valence-corrected chi connectivity index (χ1v) is 9.40. The molecule has 2 aromatic heterocycles. The molecule has 0 amide bonds. The maximum Gasteiger partial charge on any atom is 0.110 e. The van der Waals surface area contributed by atoms with Crippen LogP contribution in [-0.4, -0.2) is 56.5 Å². The molecule has 0 radical (unpaired) electrons. The van der Waals surface area contributed by atoms with Crippen LogP contribution in [0.15, 0.2) is 17.8 Å². The van der Waals surface area contributed by atoms with E-state index in [4.69, 9.17) is 0 Å². The van der Waals surface area contributed by atoms with E-state index in [1.807, 2.05) is 6.20 Å². The number of thiazole rings is 1. The molecule has 124 valence electrons. The Morgan fingerprint density at radius 1 is 1.22 bits per heavy atom. The van der Waals surface area contributed by atoms with Gasteiger partial charge < -0.3 is 4.90 Å². The molecule has 2 saturated heterocycles. The van der Waals surface area contributed by atoms with Gasteiger partial charge in [-0.05, 0) is 52.4 Å². The van der Waals surface area contributed by atoms with Gasteiger partial charge in [0.05, 0.1) is 24.0 Å². The van der Waals surface area contributed by atoms with Gasteiger partial charge in [-0.1, -0.05) is 5.21 Å². The van der Waals surface area contributed by atoms with Crippen molar-refractivity contribution in [2.75, 3.05) is 26.7 Å². The molecule has 7 heteroatoms. The summed E-state index contributed by atoms with van der Waals surface area (Å²) in [5.41, 5.74) is 1.09. The van der Waals surface area contributed by atoms with Crippen LogP contribution in [0.3, 0.4) is 0 Å². The third kappa shape index (κ3) is 3.32. The summed E-state index contributed by atoms with van der Waals surface area (Å²) in [6, 6.07) is 0.976. The SMILES string of the molecule is CN1CCC(n2cc(CN3CCC[C@H]3c3nccs3)nn2)CC1. The lowest BCUT2D eigenvalue weighted by Gasteiger charge is -2.28. The highest BCUT2D eigenvalue weighted by atomic mass is 32.1. The fraction of sp³-hybridized carbons (Fsp3) is 0.688. The van der Waals surface area contributed by atoms with Crippen LogP contribution in [0.2, 0.25) is 0 Å². The Morgan fingerprint density at radius 3 is 2.87 bits per heavy atom. The molecule has 2 aromatic rings. The van der Waals surface area contributed by atoms with Crippen LogP contribution in [0, 0.1) is 0 Å². The molecule has 0 bridgehead atoms. The molecule has 0 unspecified atom stereocenters. The topological polar surface area (TPSA) is 50.1 Å². The number of piperidine rings is 1. The lowest BCUT2D eigenvalue weighted by atomic mass is 10.1. The summed E-state index contributed by atoms with van der Waals surface area (Å²) in [5.74, 6) is 0. The zero-order valence-corrected chi connectivity index (χ0v) is 14.5. The summed E-state index contributed by atoms with van der Waals surface area (Å²) < 4.78 is 2.09. The van der Waals surface area contributed by atoms with Crippen molar-refractivity contribution in [3.05, 3.63) is 28.5 Å². The van der Waals surface area contributed by atoms with E-state index in [1.165, 1.54) is 30.7 Å². The van der Waals surface area contributed by atoms with Crippen molar-refractivity contribution < 1.29 is 0 Å². The van der Waals surface area contributed by atoms with E-state index in [0.717, 1.165) is 31.9 Å². The average molecular weight is 332 g/mol. The molecule has 2 aliphatic heterocycles. The molecule has 0 aliphatic carbocycles. The van der Waals surface area contributed by atoms with Crippen molar-refractivity contribution in [1.82, 2.24) is 29.8 Å². The first-order chi connectivity index (χ1) is 11.3. The molecule has 4 heterocycles. The van der Waals surface area contributed by atoms with Crippen molar-refractivity contribution in [3.63, 3.8) is 0 Å². The van der Waals surface area contributed by atoms with Gasteiger partial charge in [0.25, 0.3) is 0 Å². The maximum atomic E-state index is 4.51. The van der Waals surface area contributed by atoms with Gasteiger partial charge >= 0.3 is 0 Å². The number of rotatable bonds is 4. The molecule has 6 nitrogen and oxygen atoms in total. The fourth-order valence-electron chi connectivity index (χ4n) is 3.73. The van der Waals surface area contributed by atoms with Gasteiger partial charge in [-0.15, -0.1) is 16.4 Å². The first kappa shape index (κ1) is 15.2. The highest BCUT2D eigenvalue weighted by molar-refractivity contribution is 7.09. The smallest absolute Gasteiger partial charge is 0.110 e. The third-order valence-corrected chi connectivity index (χ3v) is 5.96. The largest absolute Gasteiger partial charge is 0.306 e. The van der Waals surface area contributed by atoms with E-state index in [-0.39, 0.29) is 0 Å². The lowest BCUT2D eigenvalue weighted by molar-refractivity contribution is 0.210. The number of hydrogen-bond acceptors (Lipinski definition) is 6. The Labute approximate surface area is 141 Å². The van der Waals surface area contributed by atoms with Crippen molar-refractivity contribution in [2.24, 2.45) is 0 Å². The quantitative estimate of drug-likeness (QED) is 0.860. The Bertz CT molecular complexity index is 616. The van der Waals surface area contributed by atoms with Gasteiger partial charge in [0.1, 0.15) is 5.01 Å². The molecule has 0 spiro atoms. The Hall–Kier alpha value is -1.31. The van der Waals surface area contributed by atoms with E-state index >= 15 is 0 Å². The van der Waals surface area contributed by atoms with Gasteiger partial charge in [0.2, 0.25) is 0 Å². The van der Waals surface area contributed by atoms with E-state index in [2.05, 4.69) is 48.4 Å². The Kier molecular flexibility index (Phi) is 4.41. The molecular weight excluding hydrogens is 308 g/mol. The summed E-state index contributed by atoms with van der Waals surface area (Å²) in [4.78, 5) is 9.39. The first-order valence-electron chi connectivity index (χ1n) is 8.52. The van der Waals surface area contributed by atoms with Gasteiger partial charge in [0.15, 0.2) is 0 Å². The fourth-order valence-corrected chi connectivity index (χ4v) is 4.53. The van der Waals surface area contributed by atoms with Gasteiger partial charge in [0, 0.05) is 18.1 Å². The number of likely N-dealkylation sites (tertiary alicyclic amines) is 2. The van der Waals surface area contributed by atoms with Crippen molar-refractivity contribution in [2.45, 2.75) is 44.3 Å². The molecule has 0 aromatic carbocycles. The lowest BCUT2D eigenvalue weighted by Crippen LogP contribution is -2.31. The summed E-state index contributed by atoms with van der Waals surface area (Å²) in [6.07, 6.45) is 8.86. The predicted octanol–water partition coefficient (Wildman–Crippen LogP) is 2.34. The number of hydrogen-bond donors (Lipinski definition) is 0. The van der Waals surface area contributed by atoms with Gasteiger partial charge in [-0.3, -0.25) is 4.90 Å². The highest BCUT2D eigenvalue weighted by Gasteiger charge is 2.28. The molecule has 23 heavy (non-hydrogen) atoms. The van der Waals surface area contributed by atoms with Crippen LogP contribution >= 0.6 is 11.3 Å². The molecule has 0 N–H and O–H groups in total. The van der Waals surface area contributed by atoms with Crippen LogP contribution in [0.25, 0.3) is 0 Å². The average Bonchev–Trinajstić information content (AvgIpc) is 3.29. The monoisotopic (exact) mass is 332 g/mol. The predicted molar refractivity (Wildman–Crippen MR) is 90.3 cm³/mol. The molecule has 2 aliphatic rings. The molecule has 2 fully saturated rings. The van der Waals surface area contributed by atoms with Gasteiger partial charge in [-0.25, -0.2) is 9.67 Å². The minimum atomic E-state index is 0.462. The summed E-state index contributed by atoms with van der Waals surface area (Å²) in [7, 11) is 2.19. The van der Waals surface area contributed by atoms with Crippen molar-refractivity contribution in [3.8, 4) is 0 Å². The molecule has 4 rings (SSSR count). The summed E-state index contributed by atoms with van der Waals surface area (Å²) >= 11 is 1.76. The molecule has 0 saturated carbocycles. The van der Waals surface area contributed by atoms with Crippen LogP contribution in [0.4, 0.5) is 0 Å². The minimum absolute atomic E-state index is 0.462. The van der Waals surface area contributed by atoms with E-state index in [9.17, 15) is 0 Å². The van der Waals surface area contributed by atoms with Crippen molar-refractivity contribution >= 4 is 11.3 Å². The normalized spacial score (nSPS) is 24.5. The second-order valence-corrected chi connectivity index (χ2v) is 7.65. The molecule has 1 atom stereocenters. The second kappa shape index (κ2) is 6.67. The van der Waals surface area contributed by atoms with Crippen LogP contribution < -0.4 is 0 Å². The van der Waals surface area contributed by atoms with E-state index in [0.29, 0.717) is 12.1 Å². The van der Waals surface area contributed by atoms with Gasteiger partial charge in [-0.2, -0.15) is 0 Å². The third-order valence-electron chi connectivity index (χ3n) is 5.09. The van der Waals surface area contributed by atoms with Crippen LogP contribution in [0.1, 0.15) is 48.5 Å². The zero-order chi connectivity index (χ0) is 15.6. The number of aromatic nitrogens is 4. The summed E-state index contributed by atoms with van der Waals surface area (Å²) in [6.45, 7) is 4.32. The van der Waals surface area contributed by atoms with Crippen LogP contribution in [0.5, 0.6) is 0 Å². The van der Waals surface area contributed by atoms with E-state index < -0.39 is 0 Å². The second-order valence-electron chi connectivity index (χ2n) is 6.72. The maximum absolute atomic E-state index is 4.51. The standard InChI is InChI=1S/C16H24N6S/c1-20-8-4-14(5-9-20)22-12-13(18-19-22)11-21-7-2-3-15(21)16-17-6-10-23-16/h6,10,12,14-15H,2-5,7-9,11H2,1H3/t15-/m0/s1. The number of nitrogens with zero attached hydrogens (tertiary/aromatic N) is 6. The van der Waals surface area contributed by atoms with E-state index in [1.54, 1.807) is 11.3 Å². The molecular formula is C16H24N6S. The Morgan fingerprint density at radius 2 is 2.09 bits per heavy atom. The van der Waals surface area contributed by atoms with Crippen LogP contribution in [-0.2, 0) is 6.54 Å². The summed E-state index contributed by atoms with van der Waals surface area (Å²) in [5, 5.41) is 12.1. The Balaban J connectivity index is 1.41. The highest BCUT2D eigenvalue weighted by Crippen LogP contribution is 2.34.